The van der Waals surface area contributed by atoms with E-state index in [1.807, 2.05) is 20.8 Å². The fourth-order valence-electron chi connectivity index (χ4n) is 3.33. The molecule has 2 atom stereocenters. The van der Waals surface area contributed by atoms with E-state index in [2.05, 4.69) is 22.6 Å². The topological polar surface area (TPSA) is 53.6 Å². The van der Waals surface area contributed by atoms with Gasteiger partial charge in [-0.25, -0.2) is 4.79 Å². The van der Waals surface area contributed by atoms with Crippen LogP contribution in [0.25, 0.3) is 0 Å². The Morgan fingerprint density at radius 3 is 2.35 bits per heavy atom. The monoisotopic (exact) mass is 283 g/mol. The number of ether oxygens (including phenoxy) is 1. The van der Waals surface area contributed by atoms with Gasteiger partial charge in [-0.1, -0.05) is 0 Å². The van der Waals surface area contributed by atoms with Gasteiger partial charge in [-0.15, -0.1) is 0 Å². The van der Waals surface area contributed by atoms with Crippen molar-refractivity contribution in [2.45, 2.75) is 70.2 Å². The molecule has 0 saturated carbocycles. The lowest BCUT2D eigenvalue weighted by atomic mass is 9.98. The van der Waals surface area contributed by atoms with E-state index >= 15 is 0 Å². The summed E-state index contributed by atoms with van der Waals surface area (Å²) in [6.07, 6.45) is 4.83. The van der Waals surface area contributed by atoms with Crippen LogP contribution >= 0.6 is 0 Å². The lowest BCUT2D eigenvalue weighted by molar-refractivity contribution is 0.0527. The molecule has 2 rings (SSSR count). The number of amides is 1. The Morgan fingerprint density at radius 2 is 1.80 bits per heavy atom. The summed E-state index contributed by atoms with van der Waals surface area (Å²) in [5.41, 5.74) is -0.426. The van der Waals surface area contributed by atoms with Crippen molar-refractivity contribution in [1.29, 1.82) is 0 Å². The number of nitrogens with one attached hydrogen (secondary N) is 2. The Kier molecular flexibility index (Phi) is 4.91. The third-order valence-electron chi connectivity index (χ3n) is 4.32. The van der Waals surface area contributed by atoms with Gasteiger partial charge in [0.1, 0.15) is 5.60 Å². The molecule has 116 valence electrons. The number of hydrogen-bond acceptors (Lipinski definition) is 4. The zero-order chi connectivity index (χ0) is 14.8. The molecule has 2 heterocycles. The van der Waals surface area contributed by atoms with Crippen LogP contribution in [0.3, 0.4) is 0 Å². The molecule has 20 heavy (non-hydrogen) atoms. The quantitative estimate of drug-likeness (QED) is 0.772. The molecule has 1 amide bonds. The van der Waals surface area contributed by atoms with Crippen molar-refractivity contribution >= 4 is 6.09 Å². The number of alkyl carbamates (subject to hydrolysis) is 1. The first-order valence-electron chi connectivity index (χ1n) is 7.77. The van der Waals surface area contributed by atoms with E-state index < -0.39 is 5.60 Å². The van der Waals surface area contributed by atoms with E-state index in [0.29, 0.717) is 12.6 Å². The SMILES string of the molecule is CN1C2CCC1CC(NCCNC(=O)OC(C)(C)C)C2. The Balaban J connectivity index is 1.59. The summed E-state index contributed by atoms with van der Waals surface area (Å²) in [6, 6.07) is 2.11. The largest absolute Gasteiger partial charge is 0.444 e. The van der Waals surface area contributed by atoms with Gasteiger partial charge in [-0.2, -0.15) is 0 Å². The van der Waals surface area contributed by atoms with Gasteiger partial charge in [-0.3, -0.25) is 0 Å². The van der Waals surface area contributed by atoms with E-state index in [-0.39, 0.29) is 6.09 Å². The van der Waals surface area contributed by atoms with E-state index in [4.69, 9.17) is 4.74 Å². The third kappa shape index (κ3) is 4.35. The first-order valence-corrected chi connectivity index (χ1v) is 7.77. The average Bonchev–Trinajstić information content (AvgIpc) is 2.57. The van der Waals surface area contributed by atoms with Crippen LogP contribution in [0.1, 0.15) is 46.5 Å². The van der Waals surface area contributed by atoms with E-state index in [9.17, 15) is 4.79 Å². The maximum absolute atomic E-state index is 11.5. The summed E-state index contributed by atoms with van der Waals surface area (Å²) in [4.78, 5) is 14.0. The van der Waals surface area contributed by atoms with Crippen molar-refractivity contribution in [3.63, 3.8) is 0 Å². The zero-order valence-electron chi connectivity index (χ0n) is 13.2. The Bertz CT molecular complexity index is 327. The van der Waals surface area contributed by atoms with Gasteiger partial charge < -0.3 is 20.3 Å². The molecule has 5 nitrogen and oxygen atoms in total. The minimum atomic E-state index is -0.426. The second kappa shape index (κ2) is 6.31. The lowest BCUT2D eigenvalue weighted by Crippen LogP contribution is -2.48. The van der Waals surface area contributed by atoms with Crippen LogP contribution in [0.4, 0.5) is 4.79 Å². The molecule has 0 aliphatic carbocycles. The van der Waals surface area contributed by atoms with Crippen molar-refractivity contribution in [2.24, 2.45) is 0 Å². The number of carbonyl (C=O) groups excluding carboxylic acids is 1. The highest BCUT2D eigenvalue weighted by atomic mass is 16.6. The predicted molar refractivity (Wildman–Crippen MR) is 79.8 cm³/mol. The fraction of sp³-hybridized carbons (Fsp3) is 0.933. The van der Waals surface area contributed by atoms with Crippen molar-refractivity contribution < 1.29 is 9.53 Å². The molecule has 2 saturated heterocycles. The molecule has 2 fully saturated rings. The van der Waals surface area contributed by atoms with Gasteiger partial charge >= 0.3 is 6.09 Å². The molecule has 0 aromatic carbocycles. The van der Waals surface area contributed by atoms with E-state index in [0.717, 1.165) is 18.6 Å². The standard InChI is InChI=1S/C15H29N3O2/c1-15(2,3)20-14(19)17-8-7-16-11-9-12-5-6-13(10-11)18(12)4/h11-13,16H,5-10H2,1-4H3,(H,17,19). The number of carbonyl (C=O) groups is 1. The summed E-state index contributed by atoms with van der Waals surface area (Å²) in [5, 5.41) is 6.36. The lowest BCUT2D eigenvalue weighted by Gasteiger charge is -2.36. The fourth-order valence-corrected chi connectivity index (χ4v) is 3.33. The normalized spacial score (nSPS) is 30.3. The van der Waals surface area contributed by atoms with Gasteiger partial charge in [0.2, 0.25) is 0 Å². The minimum Gasteiger partial charge on any atom is -0.444 e. The molecule has 0 aromatic heterocycles. The van der Waals surface area contributed by atoms with Gasteiger partial charge in [0.25, 0.3) is 0 Å². The zero-order valence-corrected chi connectivity index (χ0v) is 13.2. The van der Waals surface area contributed by atoms with Gasteiger partial charge in [0, 0.05) is 31.2 Å². The second-order valence-electron chi connectivity index (χ2n) is 7.10. The van der Waals surface area contributed by atoms with Gasteiger partial charge in [0.15, 0.2) is 0 Å². The number of fused-ring (bicyclic) bond motifs is 2. The molecule has 2 aliphatic rings. The highest BCUT2D eigenvalue weighted by molar-refractivity contribution is 5.67. The Morgan fingerprint density at radius 1 is 1.20 bits per heavy atom. The predicted octanol–water partition coefficient (Wildman–Crippen LogP) is 1.73. The summed E-state index contributed by atoms with van der Waals surface area (Å²) >= 11 is 0. The molecule has 0 radical (unpaired) electrons. The van der Waals surface area contributed by atoms with Crippen LogP contribution in [0.2, 0.25) is 0 Å². The van der Waals surface area contributed by atoms with E-state index in [1.54, 1.807) is 0 Å². The van der Waals surface area contributed by atoms with Crippen molar-refractivity contribution in [2.75, 3.05) is 20.1 Å². The Hall–Kier alpha value is -0.810. The Labute approximate surface area is 122 Å². The molecule has 2 aliphatic heterocycles. The van der Waals surface area contributed by atoms with Crippen molar-refractivity contribution in [3.8, 4) is 0 Å². The van der Waals surface area contributed by atoms with Crippen LogP contribution in [0.5, 0.6) is 0 Å². The molecule has 5 heteroatoms. The summed E-state index contributed by atoms with van der Waals surface area (Å²) in [6.45, 7) is 7.06. The molecular weight excluding hydrogens is 254 g/mol. The molecule has 2 unspecified atom stereocenters. The summed E-state index contributed by atoms with van der Waals surface area (Å²) < 4.78 is 5.20. The third-order valence-corrected chi connectivity index (χ3v) is 4.32. The average molecular weight is 283 g/mol. The maximum Gasteiger partial charge on any atom is 0.407 e. The van der Waals surface area contributed by atoms with Crippen LogP contribution in [-0.4, -0.2) is 54.9 Å². The molecular formula is C15H29N3O2. The molecule has 0 aromatic rings. The maximum atomic E-state index is 11.5. The van der Waals surface area contributed by atoms with Crippen molar-refractivity contribution in [3.05, 3.63) is 0 Å². The van der Waals surface area contributed by atoms with Gasteiger partial charge in [0.05, 0.1) is 0 Å². The first-order chi connectivity index (χ1) is 9.35. The second-order valence-corrected chi connectivity index (χ2v) is 7.10. The van der Waals surface area contributed by atoms with Crippen LogP contribution in [-0.2, 0) is 4.74 Å². The summed E-state index contributed by atoms with van der Waals surface area (Å²) in [7, 11) is 2.25. The van der Waals surface area contributed by atoms with Crippen LogP contribution in [0, 0.1) is 0 Å². The smallest absolute Gasteiger partial charge is 0.407 e. The van der Waals surface area contributed by atoms with Gasteiger partial charge in [-0.05, 0) is 53.5 Å². The highest BCUT2D eigenvalue weighted by Crippen LogP contribution is 2.33. The van der Waals surface area contributed by atoms with Crippen LogP contribution in [0.15, 0.2) is 0 Å². The summed E-state index contributed by atoms with van der Waals surface area (Å²) in [5.74, 6) is 0. The molecule has 0 spiro atoms. The van der Waals surface area contributed by atoms with Crippen molar-refractivity contribution in [1.82, 2.24) is 15.5 Å². The number of rotatable bonds is 4. The number of nitrogens with zero attached hydrogens (tertiary/aromatic N) is 1. The minimum absolute atomic E-state index is 0.331. The number of hydrogen-bond donors (Lipinski definition) is 2. The van der Waals surface area contributed by atoms with Crippen LogP contribution < -0.4 is 10.6 Å². The first kappa shape index (κ1) is 15.6. The highest BCUT2D eigenvalue weighted by Gasteiger charge is 2.37. The molecule has 2 bridgehead atoms. The molecule has 2 N–H and O–H groups in total. The van der Waals surface area contributed by atoms with E-state index in [1.165, 1.54) is 25.7 Å². The number of piperidine rings is 1.